The van der Waals surface area contributed by atoms with Crippen LogP contribution in [0, 0.1) is 0 Å². The number of ether oxygens (including phenoxy) is 2. The molecule has 1 aromatic rings. The molecular weight excluding hydrogens is 420 g/mol. The second kappa shape index (κ2) is 11.8. The molecule has 33 heavy (non-hydrogen) atoms. The summed E-state index contributed by atoms with van der Waals surface area (Å²) in [7, 11) is 0. The van der Waals surface area contributed by atoms with Crippen LogP contribution in [0.4, 0.5) is 4.79 Å². The number of carbonyl (C=O) groups excluding carboxylic acids is 2. The lowest BCUT2D eigenvalue weighted by Crippen LogP contribution is -2.55. The average molecular weight is 459 g/mol. The Labute approximate surface area is 197 Å². The zero-order valence-electron chi connectivity index (χ0n) is 19.9. The Morgan fingerprint density at radius 2 is 1.67 bits per heavy atom. The summed E-state index contributed by atoms with van der Waals surface area (Å²) >= 11 is 0. The van der Waals surface area contributed by atoms with Crippen LogP contribution >= 0.6 is 0 Å². The SMILES string of the molecule is CC1CCCN1CCCOc1ccc(C(=O)CN2CCN(C(=O)N3CCOCC3)CC2)cc1. The van der Waals surface area contributed by atoms with E-state index in [0.717, 1.165) is 31.8 Å². The molecule has 8 heteroatoms. The van der Waals surface area contributed by atoms with E-state index in [4.69, 9.17) is 9.47 Å². The molecular formula is C25H38N4O4. The first kappa shape index (κ1) is 24.0. The van der Waals surface area contributed by atoms with Crippen molar-refractivity contribution in [3.63, 3.8) is 0 Å². The summed E-state index contributed by atoms with van der Waals surface area (Å²) in [4.78, 5) is 33.8. The van der Waals surface area contributed by atoms with Crippen LogP contribution in [0.2, 0.25) is 0 Å². The molecule has 1 unspecified atom stereocenters. The topological polar surface area (TPSA) is 65.6 Å². The van der Waals surface area contributed by atoms with Gasteiger partial charge in [0, 0.05) is 57.4 Å². The maximum absolute atomic E-state index is 12.7. The van der Waals surface area contributed by atoms with Crippen LogP contribution in [0.1, 0.15) is 36.5 Å². The van der Waals surface area contributed by atoms with Crippen LogP contribution in [0.5, 0.6) is 5.75 Å². The highest BCUT2D eigenvalue weighted by atomic mass is 16.5. The largest absolute Gasteiger partial charge is 0.494 e. The molecule has 0 N–H and O–H groups in total. The van der Waals surface area contributed by atoms with Gasteiger partial charge in [0.25, 0.3) is 0 Å². The van der Waals surface area contributed by atoms with Gasteiger partial charge < -0.3 is 24.2 Å². The lowest BCUT2D eigenvalue weighted by molar-refractivity contribution is 0.0376. The summed E-state index contributed by atoms with van der Waals surface area (Å²) < 4.78 is 11.2. The second-order valence-electron chi connectivity index (χ2n) is 9.32. The number of carbonyl (C=O) groups is 2. The fourth-order valence-electron chi connectivity index (χ4n) is 4.87. The van der Waals surface area contributed by atoms with Crippen molar-refractivity contribution >= 4 is 11.8 Å². The number of benzene rings is 1. The minimum atomic E-state index is 0.0924. The highest BCUT2D eigenvalue weighted by Gasteiger charge is 2.27. The third kappa shape index (κ3) is 6.68. The van der Waals surface area contributed by atoms with Crippen LogP contribution in [-0.4, -0.2) is 116 Å². The molecule has 0 spiro atoms. The number of amides is 2. The van der Waals surface area contributed by atoms with Crippen molar-refractivity contribution in [2.24, 2.45) is 0 Å². The Morgan fingerprint density at radius 3 is 2.33 bits per heavy atom. The minimum absolute atomic E-state index is 0.0924. The van der Waals surface area contributed by atoms with Crippen LogP contribution in [0.15, 0.2) is 24.3 Å². The van der Waals surface area contributed by atoms with Gasteiger partial charge >= 0.3 is 6.03 Å². The van der Waals surface area contributed by atoms with E-state index in [0.29, 0.717) is 64.1 Å². The van der Waals surface area contributed by atoms with Crippen molar-refractivity contribution in [1.29, 1.82) is 0 Å². The lowest BCUT2D eigenvalue weighted by Gasteiger charge is -2.38. The first-order valence-electron chi connectivity index (χ1n) is 12.4. The minimum Gasteiger partial charge on any atom is -0.494 e. The third-order valence-electron chi connectivity index (χ3n) is 7.02. The number of Topliss-reactive ketones (excluding diaryl/α,β-unsaturated/α-hetero) is 1. The van der Waals surface area contributed by atoms with Gasteiger partial charge in [0.15, 0.2) is 5.78 Å². The van der Waals surface area contributed by atoms with Gasteiger partial charge in [-0.05, 0) is 57.0 Å². The van der Waals surface area contributed by atoms with Crippen LogP contribution in [-0.2, 0) is 4.74 Å². The highest BCUT2D eigenvalue weighted by molar-refractivity contribution is 5.97. The molecule has 0 saturated carbocycles. The number of rotatable bonds is 8. The molecule has 2 amide bonds. The van der Waals surface area contributed by atoms with Crippen molar-refractivity contribution in [1.82, 2.24) is 19.6 Å². The Balaban J connectivity index is 1.15. The van der Waals surface area contributed by atoms with E-state index in [1.807, 2.05) is 34.1 Å². The number of urea groups is 1. The Morgan fingerprint density at radius 1 is 0.970 bits per heavy atom. The fourth-order valence-corrected chi connectivity index (χ4v) is 4.87. The second-order valence-corrected chi connectivity index (χ2v) is 9.32. The number of nitrogens with zero attached hydrogens (tertiary/aromatic N) is 4. The summed E-state index contributed by atoms with van der Waals surface area (Å²) in [5.41, 5.74) is 0.708. The predicted molar refractivity (Wildman–Crippen MR) is 127 cm³/mol. The molecule has 0 bridgehead atoms. The first-order chi connectivity index (χ1) is 16.1. The van der Waals surface area contributed by atoms with Gasteiger partial charge in [-0.2, -0.15) is 0 Å². The average Bonchev–Trinajstić information content (AvgIpc) is 3.27. The molecule has 3 aliphatic rings. The molecule has 3 heterocycles. The monoisotopic (exact) mass is 458 g/mol. The van der Waals surface area contributed by atoms with E-state index < -0.39 is 0 Å². The van der Waals surface area contributed by atoms with Crippen molar-refractivity contribution in [3.8, 4) is 5.75 Å². The summed E-state index contributed by atoms with van der Waals surface area (Å²) in [6.07, 6.45) is 3.63. The molecule has 0 aliphatic carbocycles. The Hall–Kier alpha value is -2.16. The quantitative estimate of drug-likeness (QED) is 0.440. The van der Waals surface area contributed by atoms with Crippen molar-refractivity contribution < 1.29 is 19.1 Å². The van der Waals surface area contributed by atoms with E-state index in [1.165, 1.54) is 19.4 Å². The Kier molecular flexibility index (Phi) is 8.58. The molecule has 3 saturated heterocycles. The molecule has 3 aliphatic heterocycles. The van der Waals surface area contributed by atoms with Crippen molar-refractivity contribution in [2.45, 2.75) is 32.2 Å². The number of hydrogen-bond donors (Lipinski definition) is 0. The van der Waals surface area contributed by atoms with Crippen LogP contribution < -0.4 is 4.74 Å². The maximum atomic E-state index is 12.7. The first-order valence-corrected chi connectivity index (χ1v) is 12.4. The van der Waals surface area contributed by atoms with Gasteiger partial charge in [0.2, 0.25) is 0 Å². The van der Waals surface area contributed by atoms with Crippen LogP contribution in [0.3, 0.4) is 0 Å². The molecule has 8 nitrogen and oxygen atoms in total. The van der Waals surface area contributed by atoms with E-state index in [-0.39, 0.29) is 11.8 Å². The summed E-state index contributed by atoms with van der Waals surface area (Å²) in [6, 6.07) is 8.30. The summed E-state index contributed by atoms with van der Waals surface area (Å²) in [5.74, 6) is 0.925. The lowest BCUT2D eigenvalue weighted by atomic mass is 10.1. The molecule has 1 atom stereocenters. The standard InChI is InChI=1S/C25H38N4O4/c1-21-4-2-9-27(21)10-3-17-33-23-7-5-22(6-8-23)24(30)20-26-11-13-28(14-12-26)25(31)29-15-18-32-19-16-29/h5-8,21H,2-4,9-20H2,1H3. The van der Waals surface area contributed by atoms with Crippen molar-refractivity contribution in [3.05, 3.63) is 29.8 Å². The number of ketones is 1. The molecule has 1 aromatic carbocycles. The summed E-state index contributed by atoms with van der Waals surface area (Å²) in [6.45, 7) is 11.0. The molecule has 3 fully saturated rings. The zero-order valence-corrected chi connectivity index (χ0v) is 19.9. The molecule has 0 radical (unpaired) electrons. The van der Waals surface area contributed by atoms with Gasteiger partial charge in [0.05, 0.1) is 26.4 Å². The number of piperazine rings is 1. The number of likely N-dealkylation sites (tertiary alicyclic amines) is 1. The van der Waals surface area contributed by atoms with Gasteiger partial charge in [-0.15, -0.1) is 0 Å². The normalized spacial score (nSPS) is 22.5. The Bertz CT molecular complexity index is 773. The summed E-state index contributed by atoms with van der Waals surface area (Å²) in [5, 5.41) is 0. The fraction of sp³-hybridized carbons (Fsp3) is 0.680. The van der Waals surface area contributed by atoms with E-state index in [9.17, 15) is 9.59 Å². The highest BCUT2D eigenvalue weighted by Crippen LogP contribution is 2.17. The predicted octanol–water partition coefficient (Wildman–Crippen LogP) is 2.19. The number of morpholine rings is 1. The van der Waals surface area contributed by atoms with Gasteiger partial charge in [0.1, 0.15) is 5.75 Å². The van der Waals surface area contributed by atoms with Crippen molar-refractivity contribution in [2.75, 3.05) is 78.7 Å². The third-order valence-corrected chi connectivity index (χ3v) is 7.02. The van der Waals surface area contributed by atoms with Gasteiger partial charge in [-0.1, -0.05) is 0 Å². The maximum Gasteiger partial charge on any atom is 0.320 e. The molecule has 0 aromatic heterocycles. The smallest absolute Gasteiger partial charge is 0.320 e. The van der Waals surface area contributed by atoms with Crippen LogP contribution in [0.25, 0.3) is 0 Å². The zero-order chi connectivity index (χ0) is 23.0. The van der Waals surface area contributed by atoms with E-state index in [2.05, 4.69) is 16.7 Å². The number of hydrogen-bond acceptors (Lipinski definition) is 6. The van der Waals surface area contributed by atoms with Gasteiger partial charge in [-0.3, -0.25) is 9.69 Å². The van der Waals surface area contributed by atoms with E-state index >= 15 is 0 Å². The molecule has 182 valence electrons. The van der Waals surface area contributed by atoms with E-state index in [1.54, 1.807) is 0 Å². The van der Waals surface area contributed by atoms with Gasteiger partial charge in [-0.25, -0.2) is 4.79 Å². The molecule has 4 rings (SSSR count).